The van der Waals surface area contributed by atoms with E-state index in [2.05, 4.69) is 32.6 Å². The molecule has 1 amide bonds. The molecule has 0 aliphatic carbocycles. The summed E-state index contributed by atoms with van der Waals surface area (Å²) in [5.74, 6) is 0.641. The van der Waals surface area contributed by atoms with E-state index in [0.29, 0.717) is 21.9 Å². The average molecular weight is 383 g/mol. The number of hydrogen-bond acceptors (Lipinski definition) is 5. The standard InChI is InChI=1S/C19H21N5O2S/c1-12(7-8-13-5-3-2-4-6-13)21-16(25)9-14-11-27-19-22-17-15(10-20-23-17)18(26)24(14)19/h2-6,10,12,14H,7-9,11H2,1H3,(H,20,23)(H,21,25). The van der Waals surface area contributed by atoms with Crippen LogP contribution in [0.15, 0.2) is 46.5 Å². The number of carbonyl (C=O) groups excluding carboxylic acids is 1. The summed E-state index contributed by atoms with van der Waals surface area (Å²) in [5.41, 5.74) is 1.63. The Balaban J connectivity index is 1.38. The lowest BCUT2D eigenvalue weighted by Gasteiger charge is -2.17. The fourth-order valence-electron chi connectivity index (χ4n) is 3.35. The minimum atomic E-state index is -0.175. The van der Waals surface area contributed by atoms with Gasteiger partial charge in [0, 0.05) is 18.2 Å². The van der Waals surface area contributed by atoms with Crippen LogP contribution in [0.3, 0.4) is 0 Å². The summed E-state index contributed by atoms with van der Waals surface area (Å²) in [6.07, 6.45) is 3.57. The number of carbonyl (C=O) groups is 1. The molecule has 140 valence electrons. The molecule has 8 heteroatoms. The van der Waals surface area contributed by atoms with E-state index >= 15 is 0 Å². The number of aryl methyl sites for hydroxylation is 1. The van der Waals surface area contributed by atoms with Gasteiger partial charge in [-0.05, 0) is 25.3 Å². The molecule has 0 radical (unpaired) electrons. The average Bonchev–Trinajstić information content (AvgIpc) is 3.28. The smallest absolute Gasteiger partial charge is 0.265 e. The van der Waals surface area contributed by atoms with Gasteiger partial charge in [0.25, 0.3) is 5.56 Å². The van der Waals surface area contributed by atoms with E-state index in [4.69, 9.17) is 0 Å². The molecular weight excluding hydrogens is 362 g/mol. The molecule has 7 nitrogen and oxygen atoms in total. The summed E-state index contributed by atoms with van der Waals surface area (Å²) in [4.78, 5) is 29.6. The SMILES string of the molecule is CC(CCc1ccccc1)NC(=O)CC1CSc2nc3[nH]ncc3c(=O)n21. The number of nitrogens with zero attached hydrogens (tertiary/aromatic N) is 3. The number of fused-ring (bicyclic) bond motifs is 2. The third-order valence-electron chi connectivity index (χ3n) is 4.79. The van der Waals surface area contributed by atoms with Gasteiger partial charge in [0.2, 0.25) is 5.91 Å². The molecule has 4 rings (SSSR count). The molecule has 0 spiro atoms. The van der Waals surface area contributed by atoms with E-state index < -0.39 is 0 Å². The Kier molecular flexibility index (Phi) is 4.98. The summed E-state index contributed by atoms with van der Waals surface area (Å²) >= 11 is 1.50. The Morgan fingerprint density at radius 1 is 1.41 bits per heavy atom. The first-order valence-electron chi connectivity index (χ1n) is 9.03. The summed E-state index contributed by atoms with van der Waals surface area (Å²) < 4.78 is 1.64. The molecule has 2 unspecified atom stereocenters. The lowest BCUT2D eigenvalue weighted by molar-refractivity contribution is -0.122. The first-order valence-corrected chi connectivity index (χ1v) is 10.0. The quantitative estimate of drug-likeness (QED) is 0.637. The second-order valence-corrected chi connectivity index (χ2v) is 7.85. The van der Waals surface area contributed by atoms with Crippen LogP contribution in [-0.4, -0.2) is 37.5 Å². The van der Waals surface area contributed by atoms with Crippen molar-refractivity contribution in [2.24, 2.45) is 0 Å². The van der Waals surface area contributed by atoms with Crippen molar-refractivity contribution in [2.75, 3.05) is 5.75 Å². The lowest BCUT2D eigenvalue weighted by atomic mass is 10.1. The van der Waals surface area contributed by atoms with Crippen molar-refractivity contribution < 1.29 is 4.79 Å². The molecule has 27 heavy (non-hydrogen) atoms. The largest absolute Gasteiger partial charge is 0.354 e. The molecule has 2 atom stereocenters. The summed E-state index contributed by atoms with van der Waals surface area (Å²) in [6.45, 7) is 2.01. The number of nitrogens with one attached hydrogen (secondary N) is 2. The third kappa shape index (κ3) is 3.75. The molecule has 0 saturated heterocycles. The summed E-state index contributed by atoms with van der Waals surface area (Å²) in [7, 11) is 0. The number of thioether (sulfide) groups is 1. The van der Waals surface area contributed by atoms with Crippen LogP contribution in [0, 0.1) is 0 Å². The molecule has 1 aliphatic heterocycles. The maximum Gasteiger partial charge on any atom is 0.265 e. The predicted molar refractivity (Wildman–Crippen MR) is 105 cm³/mol. The zero-order valence-electron chi connectivity index (χ0n) is 15.0. The van der Waals surface area contributed by atoms with Crippen LogP contribution < -0.4 is 10.9 Å². The van der Waals surface area contributed by atoms with Crippen LogP contribution in [0.4, 0.5) is 0 Å². The van der Waals surface area contributed by atoms with Gasteiger partial charge in [-0.1, -0.05) is 42.1 Å². The predicted octanol–water partition coefficient (Wildman–Crippen LogP) is 2.29. The Labute approximate surface area is 160 Å². The van der Waals surface area contributed by atoms with Crippen molar-refractivity contribution in [1.82, 2.24) is 25.1 Å². The molecule has 2 N–H and O–H groups in total. The van der Waals surface area contributed by atoms with Gasteiger partial charge in [-0.3, -0.25) is 19.3 Å². The number of benzene rings is 1. The number of aromatic nitrogens is 4. The lowest BCUT2D eigenvalue weighted by Crippen LogP contribution is -2.35. The van der Waals surface area contributed by atoms with E-state index in [9.17, 15) is 9.59 Å². The van der Waals surface area contributed by atoms with Crippen molar-refractivity contribution in [1.29, 1.82) is 0 Å². The van der Waals surface area contributed by atoms with Crippen LogP contribution >= 0.6 is 11.8 Å². The van der Waals surface area contributed by atoms with Gasteiger partial charge in [0.15, 0.2) is 10.8 Å². The first-order chi connectivity index (χ1) is 13.1. The summed E-state index contributed by atoms with van der Waals surface area (Å²) in [5, 5.41) is 10.8. The van der Waals surface area contributed by atoms with E-state index in [-0.39, 0.29) is 30.0 Å². The fourth-order valence-corrected chi connectivity index (χ4v) is 4.49. The van der Waals surface area contributed by atoms with E-state index in [1.807, 2.05) is 25.1 Å². The fraction of sp³-hybridized carbons (Fsp3) is 0.368. The monoisotopic (exact) mass is 383 g/mol. The highest BCUT2D eigenvalue weighted by atomic mass is 32.2. The molecule has 3 aromatic rings. The number of amides is 1. The molecule has 3 heterocycles. The normalized spacial score (nSPS) is 17.0. The van der Waals surface area contributed by atoms with Gasteiger partial charge in [-0.2, -0.15) is 5.10 Å². The zero-order valence-corrected chi connectivity index (χ0v) is 15.8. The number of H-pyrrole nitrogens is 1. The minimum absolute atomic E-state index is 0.0341. The minimum Gasteiger partial charge on any atom is -0.354 e. The third-order valence-corrected chi connectivity index (χ3v) is 5.89. The van der Waals surface area contributed by atoms with Crippen molar-refractivity contribution in [3.05, 3.63) is 52.4 Å². The number of aromatic amines is 1. The highest BCUT2D eigenvalue weighted by molar-refractivity contribution is 7.99. The number of hydrogen-bond donors (Lipinski definition) is 2. The second kappa shape index (κ2) is 7.56. The highest BCUT2D eigenvalue weighted by Crippen LogP contribution is 2.32. The topological polar surface area (TPSA) is 92.7 Å². The van der Waals surface area contributed by atoms with Gasteiger partial charge in [-0.25, -0.2) is 4.98 Å². The summed E-state index contributed by atoms with van der Waals surface area (Å²) in [6, 6.07) is 10.1. The second-order valence-electron chi connectivity index (χ2n) is 6.86. The van der Waals surface area contributed by atoms with Crippen molar-refractivity contribution in [2.45, 2.75) is 43.4 Å². The van der Waals surface area contributed by atoms with Crippen LogP contribution in [0.25, 0.3) is 11.0 Å². The Morgan fingerprint density at radius 2 is 2.22 bits per heavy atom. The van der Waals surface area contributed by atoms with E-state index in [0.717, 1.165) is 12.8 Å². The first kappa shape index (κ1) is 17.8. The van der Waals surface area contributed by atoms with Gasteiger partial charge >= 0.3 is 0 Å². The maximum atomic E-state index is 12.7. The molecule has 0 bridgehead atoms. The van der Waals surface area contributed by atoms with Crippen LogP contribution in [-0.2, 0) is 11.2 Å². The van der Waals surface area contributed by atoms with Crippen molar-refractivity contribution in [3.63, 3.8) is 0 Å². The van der Waals surface area contributed by atoms with Crippen LogP contribution in [0.1, 0.15) is 31.4 Å². The Hall–Kier alpha value is -2.61. The molecule has 2 aromatic heterocycles. The van der Waals surface area contributed by atoms with Gasteiger partial charge in [0.05, 0.1) is 12.2 Å². The maximum absolute atomic E-state index is 12.7. The van der Waals surface area contributed by atoms with Crippen molar-refractivity contribution in [3.8, 4) is 0 Å². The molecular formula is C19H21N5O2S. The van der Waals surface area contributed by atoms with E-state index in [1.54, 1.807) is 4.57 Å². The molecule has 0 fully saturated rings. The van der Waals surface area contributed by atoms with Gasteiger partial charge < -0.3 is 5.32 Å². The van der Waals surface area contributed by atoms with Gasteiger partial charge in [-0.15, -0.1) is 0 Å². The van der Waals surface area contributed by atoms with Crippen molar-refractivity contribution >= 4 is 28.7 Å². The molecule has 1 aromatic carbocycles. The molecule has 1 aliphatic rings. The number of rotatable bonds is 6. The Bertz CT molecular complexity index is 1010. The molecule has 0 saturated carbocycles. The van der Waals surface area contributed by atoms with Gasteiger partial charge in [0.1, 0.15) is 5.39 Å². The highest BCUT2D eigenvalue weighted by Gasteiger charge is 2.29. The van der Waals surface area contributed by atoms with Crippen LogP contribution in [0.2, 0.25) is 0 Å². The Morgan fingerprint density at radius 3 is 3.04 bits per heavy atom. The zero-order chi connectivity index (χ0) is 18.8. The van der Waals surface area contributed by atoms with E-state index in [1.165, 1.54) is 23.5 Å². The van der Waals surface area contributed by atoms with Crippen LogP contribution in [0.5, 0.6) is 0 Å².